The summed E-state index contributed by atoms with van der Waals surface area (Å²) in [6, 6.07) is 29.6. The Morgan fingerprint density at radius 2 is 1.57 bits per heavy atom. The number of nitrogens with one attached hydrogen (secondary N) is 1. The van der Waals surface area contributed by atoms with Gasteiger partial charge in [-0.15, -0.1) is 0 Å². The van der Waals surface area contributed by atoms with Gasteiger partial charge in [0.2, 0.25) is 0 Å². The first-order valence-corrected chi connectivity index (χ1v) is 12.4. The first-order valence-electron chi connectivity index (χ1n) is 11.6. The van der Waals surface area contributed by atoms with Crippen molar-refractivity contribution >= 4 is 37.6 Å². The standard InChI is InChI=1S/C30H27BrN2O2/c1-33(2)16-15-30(35,26-14-8-12-20-11-6-7-13-24(20)26)27-19-23(31)17-22-18-25(29(34)32-28(22)27)21-9-4-3-5-10-21/h3-14,17-19,35H,15-16H2,1-2H3,(H,32,34). The van der Waals surface area contributed by atoms with E-state index >= 15 is 0 Å². The number of aromatic amines is 1. The molecule has 1 heterocycles. The van der Waals surface area contributed by atoms with Crippen LogP contribution in [0.4, 0.5) is 0 Å². The van der Waals surface area contributed by atoms with Crippen molar-refractivity contribution in [2.24, 2.45) is 0 Å². The van der Waals surface area contributed by atoms with E-state index in [2.05, 4.69) is 37.9 Å². The van der Waals surface area contributed by atoms with Crippen LogP contribution in [-0.2, 0) is 5.60 Å². The summed E-state index contributed by atoms with van der Waals surface area (Å²) >= 11 is 3.66. The average Bonchev–Trinajstić information content (AvgIpc) is 2.87. The van der Waals surface area contributed by atoms with E-state index < -0.39 is 5.60 Å². The second-order valence-corrected chi connectivity index (χ2v) is 10.2. The van der Waals surface area contributed by atoms with E-state index in [1.165, 1.54) is 0 Å². The molecular formula is C30H27BrN2O2. The highest BCUT2D eigenvalue weighted by atomic mass is 79.9. The quantitative estimate of drug-likeness (QED) is 0.273. The monoisotopic (exact) mass is 526 g/mol. The van der Waals surface area contributed by atoms with Crippen LogP contribution >= 0.6 is 15.9 Å². The highest BCUT2D eigenvalue weighted by Gasteiger charge is 2.35. The maximum absolute atomic E-state index is 13.3. The Bertz CT molecular complexity index is 1570. The summed E-state index contributed by atoms with van der Waals surface area (Å²) in [6.45, 7) is 0.667. The molecule has 35 heavy (non-hydrogen) atoms. The number of rotatable bonds is 6. The Morgan fingerprint density at radius 1 is 0.857 bits per heavy atom. The molecule has 1 unspecified atom stereocenters. The van der Waals surface area contributed by atoms with Crippen LogP contribution in [0.15, 0.2) is 100 Å². The van der Waals surface area contributed by atoms with Gasteiger partial charge in [-0.25, -0.2) is 0 Å². The third kappa shape index (κ3) is 4.43. The molecule has 176 valence electrons. The molecule has 4 aromatic carbocycles. The summed E-state index contributed by atoms with van der Waals surface area (Å²) in [7, 11) is 3.99. The van der Waals surface area contributed by atoms with Crippen LogP contribution in [0.2, 0.25) is 0 Å². The number of pyridine rings is 1. The van der Waals surface area contributed by atoms with Crippen LogP contribution in [0.5, 0.6) is 0 Å². The molecule has 0 aliphatic rings. The van der Waals surface area contributed by atoms with E-state index in [1.807, 2.05) is 93.0 Å². The largest absolute Gasteiger partial charge is 0.380 e. The van der Waals surface area contributed by atoms with Crippen molar-refractivity contribution in [3.05, 3.63) is 117 Å². The number of hydrogen-bond acceptors (Lipinski definition) is 3. The van der Waals surface area contributed by atoms with Gasteiger partial charge in [0.1, 0.15) is 5.60 Å². The fraction of sp³-hybridized carbons (Fsp3) is 0.167. The van der Waals surface area contributed by atoms with Crippen molar-refractivity contribution in [1.29, 1.82) is 0 Å². The van der Waals surface area contributed by atoms with E-state index in [0.717, 1.165) is 31.8 Å². The lowest BCUT2D eigenvalue weighted by atomic mass is 9.80. The van der Waals surface area contributed by atoms with Crippen molar-refractivity contribution in [3.63, 3.8) is 0 Å². The zero-order chi connectivity index (χ0) is 24.6. The molecule has 0 saturated carbocycles. The number of aliphatic hydroxyl groups is 1. The number of fused-ring (bicyclic) bond motifs is 2. The zero-order valence-corrected chi connectivity index (χ0v) is 21.3. The molecular weight excluding hydrogens is 500 g/mol. The van der Waals surface area contributed by atoms with E-state index in [9.17, 15) is 9.90 Å². The Labute approximate surface area is 213 Å². The number of halogens is 1. The van der Waals surface area contributed by atoms with Gasteiger partial charge in [-0.05, 0) is 60.6 Å². The second-order valence-electron chi connectivity index (χ2n) is 9.24. The van der Waals surface area contributed by atoms with Gasteiger partial charge in [-0.2, -0.15) is 0 Å². The van der Waals surface area contributed by atoms with E-state index in [0.29, 0.717) is 29.6 Å². The first-order chi connectivity index (χ1) is 16.9. The van der Waals surface area contributed by atoms with Crippen LogP contribution < -0.4 is 5.56 Å². The number of aromatic nitrogens is 1. The molecule has 1 aromatic heterocycles. The summed E-state index contributed by atoms with van der Waals surface area (Å²) < 4.78 is 0.842. The topological polar surface area (TPSA) is 56.3 Å². The predicted molar refractivity (Wildman–Crippen MR) is 148 cm³/mol. The summed E-state index contributed by atoms with van der Waals surface area (Å²) in [5.74, 6) is 0. The van der Waals surface area contributed by atoms with Gasteiger partial charge in [0, 0.05) is 27.5 Å². The van der Waals surface area contributed by atoms with Crippen molar-refractivity contribution in [1.82, 2.24) is 9.88 Å². The van der Waals surface area contributed by atoms with E-state index in [4.69, 9.17) is 0 Å². The molecule has 0 bridgehead atoms. The molecule has 0 fully saturated rings. The minimum atomic E-state index is -1.33. The van der Waals surface area contributed by atoms with E-state index in [1.54, 1.807) is 0 Å². The molecule has 0 spiro atoms. The Morgan fingerprint density at radius 3 is 2.34 bits per heavy atom. The normalized spacial score (nSPS) is 13.4. The van der Waals surface area contributed by atoms with Gasteiger partial charge in [-0.1, -0.05) is 88.7 Å². The predicted octanol–water partition coefficient (Wildman–Crippen LogP) is 6.30. The van der Waals surface area contributed by atoms with Crippen molar-refractivity contribution in [2.45, 2.75) is 12.0 Å². The van der Waals surface area contributed by atoms with Gasteiger partial charge in [-0.3, -0.25) is 4.79 Å². The molecule has 5 rings (SSSR count). The highest BCUT2D eigenvalue weighted by molar-refractivity contribution is 9.10. The SMILES string of the molecule is CN(C)CCC(O)(c1cccc2ccccc12)c1cc(Br)cc2cc(-c3ccccc3)c(=O)[nH]c12. The number of H-pyrrole nitrogens is 1. The van der Waals surface area contributed by atoms with Gasteiger partial charge >= 0.3 is 0 Å². The number of benzene rings is 4. The van der Waals surface area contributed by atoms with Crippen molar-refractivity contribution < 1.29 is 5.11 Å². The Hall–Kier alpha value is -3.25. The molecule has 0 saturated heterocycles. The van der Waals surface area contributed by atoms with Crippen LogP contribution in [0.25, 0.3) is 32.8 Å². The maximum atomic E-state index is 13.3. The molecule has 2 N–H and O–H groups in total. The van der Waals surface area contributed by atoms with Crippen LogP contribution in [-0.4, -0.2) is 35.6 Å². The lowest BCUT2D eigenvalue weighted by Gasteiger charge is -2.33. The van der Waals surface area contributed by atoms with E-state index in [-0.39, 0.29) is 5.56 Å². The first kappa shape index (κ1) is 23.5. The van der Waals surface area contributed by atoms with Crippen LogP contribution in [0, 0.1) is 0 Å². The average molecular weight is 527 g/mol. The van der Waals surface area contributed by atoms with Gasteiger partial charge in [0.05, 0.1) is 5.52 Å². The molecule has 4 nitrogen and oxygen atoms in total. The molecule has 5 aromatic rings. The molecule has 0 aliphatic carbocycles. The summed E-state index contributed by atoms with van der Waals surface area (Å²) in [5.41, 5.74) is 2.09. The van der Waals surface area contributed by atoms with Crippen molar-refractivity contribution in [2.75, 3.05) is 20.6 Å². The lowest BCUT2D eigenvalue weighted by Crippen LogP contribution is -2.33. The summed E-state index contributed by atoms with van der Waals surface area (Å²) in [5, 5.41) is 15.4. The minimum Gasteiger partial charge on any atom is -0.380 e. The zero-order valence-electron chi connectivity index (χ0n) is 19.8. The maximum Gasteiger partial charge on any atom is 0.256 e. The van der Waals surface area contributed by atoms with Gasteiger partial charge in [0.15, 0.2) is 0 Å². The Balaban J connectivity index is 1.80. The van der Waals surface area contributed by atoms with Crippen molar-refractivity contribution in [3.8, 4) is 11.1 Å². The summed E-state index contributed by atoms with van der Waals surface area (Å²) in [4.78, 5) is 18.4. The smallest absolute Gasteiger partial charge is 0.256 e. The fourth-order valence-corrected chi connectivity index (χ4v) is 5.30. The van der Waals surface area contributed by atoms with Crippen LogP contribution in [0.3, 0.4) is 0 Å². The molecule has 0 amide bonds. The molecule has 5 heteroatoms. The number of hydrogen-bond donors (Lipinski definition) is 2. The highest BCUT2D eigenvalue weighted by Crippen LogP contribution is 2.41. The second kappa shape index (κ2) is 9.42. The molecule has 1 atom stereocenters. The molecule has 0 radical (unpaired) electrons. The molecule has 0 aliphatic heterocycles. The van der Waals surface area contributed by atoms with Gasteiger partial charge < -0.3 is 15.0 Å². The lowest BCUT2D eigenvalue weighted by molar-refractivity contribution is 0.0656. The fourth-order valence-electron chi connectivity index (χ4n) is 4.83. The third-order valence-electron chi connectivity index (χ3n) is 6.60. The third-order valence-corrected chi connectivity index (χ3v) is 7.06. The summed E-state index contributed by atoms with van der Waals surface area (Å²) in [6.07, 6.45) is 0.460. The van der Waals surface area contributed by atoms with Crippen LogP contribution in [0.1, 0.15) is 17.5 Å². The Kier molecular flexibility index (Phi) is 6.32. The van der Waals surface area contributed by atoms with Gasteiger partial charge in [0.25, 0.3) is 5.56 Å². The number of nitrogens with zero attached hydrogens (tertiary/aromatic N) is 1. The minimum absolute atomic E-state index is 0.180.